The van der Waals surface area contributed by atoms with Crippen LogP contribution in [0.1, 0.15) is 79.1 Å². The van der Waals surface area contributed by atoms with Gasteiger partial charge in [0.15, 0.2) is 0 Å². The predicted molar refractivity (Wildman–Crippen MR) is 107 cm³/mol. The molecule has 7 heteroatoms. The molecule has 0 saturated heterocycles. The van der Waals surface area contributed by atoms with Gasteiger partial charge in [-0.15, -0.1) is 0 Å². The van der Waals surface area contributed by atoms with Crippen molar-refractivity contribution >= 4 is 11.9 Å². The van der Waals surface area contributed by atoms with E-state index in [2.05, 4.69) is 18.6 Å². The van der Waals surface area contributed by atoms with E-state index in [1.54, 1.807) is 0 Å². The summed E-state index contributed by atoms with van der Waals surface area (Å²) in [5.41, 5.74) is 0. The van der Waals surface area contributed by atoms with Crippen molar-refractivity contribution in [3.63, 3.8) is 0 Å². The molecule has 0 amide bonds. The van der Waals surface area contributed by atoms with Gasteiger partial charge < -0.3 is 25.2 Å². The highest BCUT2D eigenvalue weighted by Crippen LogP contribution is 2.12. The van der Waals surface area contributed by atoms with Crippen LogP contribution in [-0.4, -0.2) is 58.8 Å². The Bertz CT molecular complexity index is 291. The molecule has 2 atom stereocenters. The van der Waals surface area contributed by atoms with Crippen LogP contribution in [0.5, 0.6) is 0 Å². The first-order chi connectivity index (χ1) is 12.9. The number of carboxylic acid groups (broad SMARTS) is 2. The van der Waals surface area contributed by atoms with Gasteiger partial charge >= 0.3 is 11.9 Å². The Morgan fingerprint density at radius 2 is 1.07 bits per heavy atom. The Balaban J connectivity index is -0.000000326. The van der Waals surface area contributed by atoms with E-state index < -0.39 is 11.9 Å². The molecule has 0 aromatic heterocycles. The van der Waals surface area contributed by atoms with Gasteiger partial charge in [0.1, 0.15) is 0 Å². The average Bonchev–Trinajstić information content (AvgIpc) is 2.64. The van der Waals surface area contributed by atoms with E-state index >= 15 is 0 Å². The highest BCUT2D eigenvalue weighted by atomic mass is 16.5. The van der Waals surface area contributed by atoms with Crippen LogP contribution < -0.4 is 0 Å². The maximum Gasteiger partial charge on any atom is 0.306 e. The number of hydrogen-bond donors (Lipinski definition) is 4. The number of rotatable bonds is 14. The SMILES string of the molecule is CCCCC(CC)C(=O)O.CCCCC(CC)C(=O)O.OCCOCCO. The predicted octanol–water partition coefficient (Wildman–Crippen LogP) is 3.56. The number of aliphatic carboxylic acids is 2. The van der Waals surface area contributed by atoms with Crippen LogP contribution in [-0.2, 0) is 14.3 Å². The summed E-state index contributed by atoms with van der Waals surface area (Å²) in [5.74, 6) is -1.51. The smallest absolute Gasteiger partial charge is 0.306 e. The van der Waals surface area contributed by atoms with Gasteiger partial charge in [-0.25, -0.2) is 0 Å². The summed E-state index contributed by atoms with van der Waals surface area (Å²) in [6.07, 6.45) is 7.43. The van der Waals surface area contributed by atoms with Crippen LogP contribution >= 0.6 is 0 Å². The van der Waals surface area contributed by atoms with Crippen molar-refractivity contribution in [2.24, 2.45) is 11.8 Å². The van der Waals surface area contributed by atoms with E-state index in [0.717, 1.165) is 51.4 Å². The molecule has 2 unspecified atom stereocenters. The number of aliphatic hydroxyl groups excluding tert-OH is 2. The maximum absolute atomic E-state index is 10.4. The lowest BCUT2D eigenvalue weighted by Crippen LogP contribution is -2.11. The third kappa shape index (κ3) is 24.8. The quantitative estimate of drug-likeness (QED) is 0.332. The number of hydrogen-bond acceptors (Lipinski definition) is 5. The molecule has 164 valence electrons. The van der Waals surface area contributed by atoms with Gasteiger partial charge in [-0.2, -0.15) is 0 Å². The van der Waals surface area contributed by atoms with Crippen molar-refractivity contribution in [3.05, 3.63) is 0 Å². The van der Waals surface area contributed by atoms with Gasteiger partial charge in [0, 0.05) is 0 Å². The fraction of sp³-hybridized carbons (Fsp3) is 0.900. The summed E-state index contributed by atoms with van der Waals surface area (Å²) in [6.45, 7) is 8.70. The standard InChI is InChI=1S/2C8H16O2.C4H10O3/c2*1-3-5-6-7(4-2)8(9)10;5-1-3-7-4-2-6/h2*7H,3-6H2,1-2H3,(H,9,10);5-6H,1-4H2. The zero-order chi connectivity index (χ0) is 21.5. The Kier molecular flexibility index (Phi) is 28.1. The van der Waals surface area contributed by atoms with E-state index in [1.807, 2.05) is 13.8 Å². The minimum absolute atomic E-state index is 0.0278. The molecule has 0 fully saturated rings. The minimum Gasteiger partial charge on any atom is -0.481 e. The Hall–Kier alpha value is -1.18. The monoisotopic (exact) mass is 394 g/mol. The largest absolute Gasteiger partial charge is 0.481 e. The van der Waals surface area contributed by atoms with Crippen molar-refractivity contribution in [2.45, 2.75) is 79.1 Å². The van der Waals surface area contributed by atoms with Gasteiger partial charge in [0.2, 0.25) is 0 Å². The summed E-state index contributed by atoms with van der Waals surface area (Å²) < 4.78 is 4.63. The molecular formula is C20H42O7. The minimum atomic E-state index is -0.643. The van der Waals surface area contributed by atoms with Crippen molar-refractivity contribution < 1.29 is 34.8 Å². The number of unbranched alkanes of at least 4 members (excludes halogenated alkanes) is 2. The summed E-state index contributed by atoms with van der Waals surface area (Å²) in [6, 6.07) is 0. The molecule has 0 aromatic carbocycles. The normalized spacial score (nSPS) is 12.1. The van der Waals surface area contributed by atoms with Crippen molar-refractivity contribution in [2.75, 3.05) is 26.4 Å². The lowest BCUT2D eigenvalue weighted by atomic mass is 10.00. The lowest BCUT2D eigenvalue weighted by Gasteiger charge is -2.06. The zero-order valence-electron chi connectivity index (χ0n) is 17.7. The van der Waals surface area contributed by atoms with Crippen molar-refractivity contribution in [3.8, 4) is 0 Å². The van der Waals surface area contributed by atoms with E-state index in [-0.39, 0.29) is 25.0 Å². The van der Waals surface area contributed by atoms with Crippen LogP contribution in [0.25, 0.3) is 0 Å². The van der Waals surface area contributed by atoms with E-state index in [1.165, 1.54) is 0 Å². The van der Waals surface area contributed by atoms with Gasteiger partial charge in [-0.3, -0.25) is 9.59 Å². The highest BCUT2D eigenvalue weighted by molar-refractivity contribution is 5.70. The summed E-state index contributed by atoms with van der Waals surface area (Å²) in [7, 11) is 0. The van der Waals surface area contributed by atoms with Gasteiger partial charge in [0.25, 0.3) is 0 Å². The molecule has 0 rings (SSSR count). The second-order valence-corrected chi connectivity index (χ2v) is 6.23. The van der Waals surface area contributed by atoms with Crippen LogP contribution in [0.3, 0.4) is 0 Å². The summed E-state index contributed by atoms with van der Waals surface area (Å²) in [4.78, 5) is 20.9. The average molecular weight is 395 g/mol. The fourth-order valence-electron chi connectivity index (χ4n) is 2.14. The Morgan fingerprint density at radius 1 is 0.741 bits per heavy atom. The maximum atomic E-state index is 10.4. The van der Waals surface area contributed by atoms with Crippen LogP contribution in [0, 0.1) is 11.8 Å². The first-order valence-electron chi connectivity index (χ1n) is 10.1. The van der Waals surface area contributed by atoms with Crippen LogP contribution in [0.4, 0.5) is 0 Å². The van der Waals surface area contributed by atoms with E-state index in [0.29, 0.717) is 13.2 Å². The molecule has 0 saturated carbocycles. The molecule has 0 spiro atoms. The van der Waals surface area contributed by atoms with Gasteiger partial charge in [-0.1, -0.05) is 53.4 Å². The third-order valence-electron chi connectivity index (χ3n) is 3.97. The van der Waals surface area contributed by atoms with E-state index in [9.17, 15) is 9.59 Å². The summed E-state index contributed by atoms with van der Waals surface area (Å²) >= 11 is 0. The molecule has 0 heterocycles. The molecule has 0 aromatic rings. The molecule has 4 N–H and O–H groups in total. The fourth-order valence-corrected chi connectivity index (χ4v) is 2.14. The topological polar surface area (TPSA) is 124 Å². The van der Waals surface area contributed by atoms with Gasteiger partial charge in [0.05, 0.1) is 38.3 Å². The molecule has 0 aliphatic carbocycles. The zero-order valence-corrected chi connectivity index (χ0v) is 17.7. The number of carbonyl (C=O) groups is 2. The van der Waals surface area contributed by atoms with Crippen molar-refractivity contribution in [1.29, 1.82) is 0 Å². The van der Waals surface area contributed by atoms with Crippen LogP contribution in [0.2, 0.25) is 0 Å². The van der Waals surface area contributed by atoms with Gasteiger partial charge in [-0.05, 0) is 25.7 Å². The highest BCUT2D eigenvalue weighted by Gasteiger charge is 2.13. The lowest BCUT2D eigenvalue weighted by molar-refractivity contribution is -0.143. The third-order valence-corrected chi connectivity index (χ3v) is 3.97. The molecule has 0 aliphatic rings. The van der Waals surface area contributed by atoms with E-state index in [4.69, 9.17) is 20.4 Å². The van der Waals surface area contributed by atoms with Crippen molar-refractivity contribution in [1.82, 2.24) is 0 Å². The van der Waals surface area contributed by atoms with Crippen LogP contribution in [0.15, 0.2) is 0 Å². The number of aliphatic hydroxyl groups is 2. The molecule has 0 radical (unpaired) electrons. The number of carboxylic acids is 2. The molecule has 27 heavy (non-hydrogen) atoms. The molecular weight excluding hydrogens is 352 g/mol. The molecule has 7 nitrogen and oxygen atoms in total. The molecule has 0 aliphatic heterocycles. The summed E-state index contributed by atoms with van der Waals surface area (Å²) in [5, 5.41) is 33.4. The Labute approximate surface area is 164 Å². The second-order valence-electron chi connectivity index (χ2n) is 6.23. The second kappa shape index (κ2) is 24.8. The number of ether oxygens (including phenoxy) is 1. The first-order valence-corrected chi connectivity index (χ1v) is 10.1. The molecule has 0 bridgehead atoms. The Morgan fingerprint density at radius 3 is 1.26 bits per heavy atom. The first kappa shape index (κ1) is 30.5.